The van der Waals surface area contributed by atoms with Crippen molar-refractivity contribution < 1.29 is 0 Å². The Labute approximate surface area is 122 Å². The molecule has 1 N–H and O–H groups in total. The van der Waals surface area contributed by atoms with Gasteiger partial charge in [0.25, 0.3) is 0 Å². The molecule has 0 saturated heterocycles. The van der Waals surface area contributed by atoms with Gasteiger partial charge in [-0.1, -0.05) is 6.92 Å². The minimum Gasteiger partial charge on any atom is -0.300 e. The van der Waals surface area contributed by atoms with Crippen molar-refractivity contribution in [2.75, 3.05) is 12.3 Å². The van der Waals surface area contributed by atoms with E-state index in [2.05, 4.69) is 39.2 Å². The van der Waals surface area contributed by atoms with Crippen LogP contribution < -0.4 is 5.32 Å². The zero-order chi connectivity index (χ0) is 13.4. The monoisotopic (exact) mass is 327 g/mol. The molecule has 98 valence electrons. The summed E-state index contributed by atoms with van der Waals surface area (Å²) < 4.78 is 0.985. The summed E-state index contributed by atoms with van der Waals surface area (Å²) in [7, 11) is 0. The van der Waals surface area contributed by atoms with E-state index in [1.165, 1.54) is 0 Å². The molecule has 0 amide bonds. The van der Waals surface area contributed by atoms with Crippen LogP contribution in [0.2, 0.25) is 0 Å². The highest BCUT2D eigenvalue weighted by Crippen LogP contribution is 2.21. The van der Waals surface area contributed by atoms with Gasteiger partial charge in [-0.15, -0.1) is 11.8 Å². The van der Waals surface area contributed by atoms with Crippen LogP contribution in [-0.2, 0) is 0 Å². The van der Waals surface area contributed by atoms with Crippen LogP contribution in [-0.4, -0.2) is 22.8 Å². The van der Waals surface area contributed by atoms with Gasteiger partial charge in [0.1, 0.15) is 5.54 Å². The Hall–Kier alpha value is -0.570. The molecular weight excluding hydrogens is 310 g/mol. The Morgan fingerprint density at radius 1 is 1.56 bits per heavy atom. The van der Waals surface area contributed by atoms with Gasteiger partial charge in [0.15, 0.2) is 0 Å². The molecule has 0 aromatic carbocycles. The minimum absolute atomic E-state index is 0.432. The van der Waals surface area contributed by atoms with E-state index in [-0.39, 0.29) is 0 Å². The summed E-state index contributed by atoms with van der Waals surface area (Å²) >= 11 is 5.04. The third-order valence-corrected chi connectivity index (χ3v) is 3.98. The molecule has 0 spiro atoms. The van der Waals surface area contributed by atoms with Gasteiger partial charge >= 0.3 is 0 Å². The van der Waals surface area contributed by atoms with Crippen molar-refractivity contribution in [3.8, 4) is 6.07 Å². The summed E-state index contributed by atoms with van der Waals surface area (Å²) in [6, 6.07) is 6.32. The fourth-order valence-electron chi connectivity index (χ4n) is 1.39. The standard InChI is InChI=1S/C13H18BrN3S/c1-3-7-17-13(2,10-15)6-8-18-12-5-4-11(14)9-16-12/h4-5,9,17H,3,6-8H2,1-2H3. The number of hydrogen-bond donors (Lipinski definition) is 1. The molecule has 0 bridgehead atoms. The number of pyridine rings is 1. The van der Waals surface area contributed by atoms with E-state index in [9.17, 15) is 5.26 Å². The van der Waals surface area contributed by atoms with Crippen LogP contribution in [0.1, 0.15) is 26.7 Å². The van der Waals surface area contributed by atoms with Crippen molar-refractivity contribution in [2.24, 2.45) is 0 Å². The molecule has 5 heteroatoms. The SMILES string of the molecule is CCCNC(C)(C#N)CCSc1ccc(Br)cn1. The van der Waals surface area contributed by atoms with Gasteiger partial charge in [-0.3, -0.25) is 5.32 Å². The number of hydrogen-bond acceptors (Lipinski definition) is 4. The lowest BCUT2D eigenvalue weighted by Gasteiger charge is -2.22. The maximum atomic E-state index is 9.20. The van der Waals surface area contributed by atoms with Gasteiger partial charge < -0.3 is 0 Å². The fourth-order valence-corrected chi connectivity index (χ4v) is 2.64. The quantitative estimate of drug-likeness (QED) is 0.777. The van der Waals surface area contributed by atoms with E-state index in [4.69, 9.17) is 0 Å². The summed E-state index contributed by atoms with van der Waals surface area (Å²) in [5.74, 6) is 0.884. The van der Waals surface area contributed by atoms with Crippen LogP contribution >= 0.6 is 27.7 Å². The van der Waals surface area contributed by atoms with Gasteiger partial charge in [-0.05, 0) is 54.4 Å². The predicted octanol–water partition coefficient (Wildman–Crippen LogP) is 3.61. The summed E-state index contributed by atoms with van der Waals surface area (Å²) in [5.41, 5.74) is -0.432. The van der Waals surface area contributed by atoms with E-state index >= 15 is 0 Å². The Morgan fingerprint density at radius 2 is 2.33 bits per heavy atom. The van der Waals surface area contributed by atoms with Gasteiger partial charge in [0.05, 0.1) is 11.1 Å². The first-order chi connectivity index (χ1) is 8.59. The molecule has 0 radical (unpaired) electrons. The lowest BCUT2D eigenvalue weighted by molar-refractivity contribution is 0.437. The normalized spacial score (nSPS) is 13.9. The van der Waals surface area contributed by atoms with Gasteiger partial charge in [-0.25, -0.2) is 4.98 Å². The van der Waals surface area contributed by atoms with Crippen molar-refractivity contribution >= 4 is 27.7 Å². The average Bonchev–Trinajstić information content (AvgIpc) is 2.39. The number of aromatic nitrogens is 1. The predicted molar refractivity (Wildman–Crippen MR) is 79.6 cm³/mol. The maximum absolute atomic E-state index is 9.20. The second-order valence-electron chi connectivity index (χ2n) is 4.28. The number of nitrogens with one attached hydrogen (secondary N) is 1. The van der Waals surface area contributed by atoms with Gasteiger partial charge in [0, 0.05) is 16.4 Å². The summed E-state index contributed by atoms with van der Waals surface area (Å²) in [4.78, 5) is 4.30. The van der Waals surface area contributed by atoms with E-state index in [1.807, 2.05) is 19.1 Å². The van der Waals surface area contributed by atoms with Crippen LogP contribution in [0.15, 0.2) is 27.8 Å². The smallest absolute Gasteiger partial charge is 0.104 e. The summed E-state index contributed by atoms with van der Waals surface area (Å²) in [6.45, 7) is 4.94. The number of halogens is 1. The van der Waals surface area contributed by atoms with Crippen LogP contribution in [0, 0.1) is 11.3 Å². The van der Waals surface area contributed by atoms with E-state index < -0.39 is 5.54 Å². The van der Waals surface area contributed by atoms with E-state index in [1.54, 1.807) is 18.0 Å². The molecule has 1 aromatic heterocycles. The first kappa shape index (κ1) is 15.5. The first-order valence-corrected chi connectivity index (χ1v) is 7.78. The van der Waals surface area contributed by atoms with Crippen molar-refractivity contribution in [2.45, 2.75) is 37.3 Å². The summed E-state index contributed by atoms with van der Waals surface area (Å²) in [6.07, 6.45) is 3.64. The average molecular weight is 328 g/mol. The molecule has 0 fully saturated rings. The molecule has 0 aliphatic carbocycles. The molecule has 1 unspecified atom stereocenters. The number of nitriles is 1. The van der Waals surface area contributed by atoms with Crippen LogP contribution in [0.5, 0.6) is 0 Å². The highest BCUT2D eigenvalue weighted by molar-refractivity contribution is 9.10. The number of nitrogens with zero attached hydrogens (tertiary/aromatic N) is 2. The first-order valence-electron chi connectivity index (χ1n) is 6.00. The molecule has 3 nitrogen and oxygen atoms in total. The molecule has 0 aliphatic heterocycles. The Bertz CT molecular complexity index is 402. The fraction of sp³-hybridized carbons (Fsp3) is 0.538. The maximum Gasteiger partial charge on any atom is 0.104 e. The van der Waals surface area contributed by atoms with Crippen molar-refractivity contribution in [3.05, 3.63) is 22.8 Å². The van der Waals surface area contributed by atoms with Gasteiger partial charge in [0.2, 0.25) is 0 Å². The van der Waals surface area contributed by atoms with Crippen molar-refractivity contribution in [1.29, 1.82) is 5.26 Å². The largest absolute Gasteiger partial charge is 0.300 e. The molecule has 18 heavy (non-hydrogen) atoms. The van der Waals surface area contributed by atoms with Crippen molar-refractivity contribution in [3.63, 3.8) is 0 Å². The van der Waals surface area contributed by atoms with Crippen LogP contribution in [0.3, 0.4) is 0 Å². The third-order valence-electron chi connectivity index (χ3n) is 2.56. The molecule has 1 atom stereocenters. The molecule has 1 rings (SSSR count). The van der Waals surface area contributed by atoms with E-state index in [0.717, 1.165) is 34.6 Å². The zero-order valence-corrected chi connectivity index (χ0v) is 13.1. The second kappa shape index (κ2) is 7.78. The molecule has 0 aliphatic rings. The molecule has 0 saturated carbocycles. The Morgan fingerprint density at radius 3 is 2.89 bits per heavy atom. The molecule has 1 aromatic rings. The lowest BCUT2D eigenvalue weighted by atomic mass is 10.0. The number of thioether (sulfide) groups is 1. The summed E-state index contributed by atoms with van der Waals surface area (Å²) in [5, 5.41) is 13.5. The Kier molecular flexibility index (Phi) is 6.69. The van der Waals surface area contributed by atoms with Gasteiger partial charge in [-0.2, -0.15) is 5.26 Å². The highest BCUT2D eigenvalue weighted by Gasteiger charge is 2.21. The molecule has 1 heterocycles. The highest BCUT2D eigenvalue weighted by atomic mass is 79.9. The second-order valence-corrected chi connectivity index (χ2v) is 6.31. The van der Waals surface area contributed by atoms with Crippen LogP contribution in [0.25, 0.3) is 0 Å². The zero-order valence-electron chi connectivity index (χ0n) is 10.7. The number of rotatable bonds is 7. The van der Waals surface area contributed by atoms with E-state index in [0.29, 0.717) is 0 Å². The Balaban J connectivity index is 2.40. The topological polar surface area (TPSA) is 48.7 Å². The minimum atomic E-state index is -0.432. The lowest BCUT2D eigenvalue weighted by Crippen LogP contribution is -2.41. The van der Waals surface area contributed by atoms with Crippen molar-refractivity contribution in [1.82, 2.24) is 10.3 Å². The third kappa shape index (κ3) is 5.38. The van der Waals surface area contributed by atoms with Crippen LogP contribution in [0.4, 0.5) is 0 Å². The molecular formula is C13H18BrN3S.